The maximum Gasteiger partial charge on any atom is 0.240 e. The number of nitrogens with one attached hydrogen (secondary N) is 1. The molecule has 0 saturated heterocycles. The summed E-state index contributed by atoms with van der Waals surface area (Å²) in [4.78, 5) is 24.7. The minimum atomic E-state index is -0.277. The van der Waals surface area contributed by atoms with E-state index >= 15 is 0 Å². The molecule has 5 heteroatoms. The molecule has 1 atom stereocenters. The predicted octanol–water partition coefficient (Wildman–Crippen LogP) is 0.487. The lowest BCUT2D eigenvalue weighted by Gasteiger charge is -2.24. The highest BCUT2D eigenvalue weighted by Crippen LogP contribution is 2.00. The van der Waals surface area contributed by atoms with Crippen molar-refractivity contribution in [3.63, 3.8) is 0 Å². The van der Waals surface area contributed by atoms with Crippen LogP contribution in [-0.4, -0.2) is 41.9 Å². The van der Waals surface area contributed by atoms with Crippen LogP contribution < -0.4 is 11.1 Å². The highest BCUT2D eigenvalue weighted by molar-refractivity contribution is 5.85. The van der Waals surface area contributed by atoms with Gasteiger partial charge in [0.1, 0.15) is 0 Å². The topological polar surface area (TPSA) is 75.4 Å². The van der Waals surface area contributed by atoms with Gasteiger partial charge in [0.2, 0.25) is 11.8 Å². The molecule has 100 valence electrons. The minimum absolute atomic E-state index is 0.0759. The molecule has 0 saturated carbocycles. The van der Waals surface area contributed by atoms with E-state index in [4.69, 9.17) is 5.73 Å². The first-order chi connectivity index (χ1) is 7.65. The first-order valence-electron chi connectivity index (χ1n) is 5.96. The monoisotopic (exact) mass is 243 g/mol. The van der Waals surface area contributed by atoms with Crippen LogP contribution in [0.15, 0.2) is 0 Å². The summed E-state index contributed by atoms with van der Waals surface area (Å²) < 4.78 is 0. The minimum Gasteiger partial charge on any atom is -0.350 e. The van der Waals surface area contributed by atoms with Crippen LogP contribution in [0.1, 0.15) is 40.5 Å². The number of likely N-dealkylation sites (N-methyl/N-ethyl adjacent to an activating group) is 1. The Kier molecular flexibility index (Phi) is 6.16. The third kappa shape index (κ3) is 7.74. The van der Waals surface area contributed by atoms with Crippen LogP contribution in [0.25, 0.3) is 0 Å². The van der Waals surface area contributed by atoms with Crippen LogP contribution in [0.5, 0.6) is 0 Å². The number of hydrogen-bond donors (Lipinski definition) is 2. The number of hydrogen-bond acceptors (Lipinski definition) is 3. The summed E-state index contributed by atoms with van der Waals surface area (Å²) in [6.07, 6.45) is 1.05. The smallest absolute Gasteiger partial charge is 0.240 e. The summed E-state index contributed by atoms with van der Waals surface area (Å²) in [5.41, 5.74) is 5.42. The Bertz CT molecular complexity index is 271. The van der Waals surface area contributed by atoms with Gasteiger partial charge in [-0.2, -0.15) is 0 Å². The van der Waals surface area contributed by atoms with Crippen molar-refractivity contribution in [2.24, 2.45) is 5.73 Å². The molecule has 0 radical (unpaired) electrons. The van der Waals surface area contributed by atoms with Crippen molar-refractivity contribution < 1.29 is 9.59 Å². The number of nitrogens with zero attached hydrogens (tertiary/aromatic N) is 1. The lowest BCUT2D eigenvalue weighted by atomic mass is 10.1. The maximum atomic E-state index is 11.7. The van der Waals surface area contributed by atoms with Crippen molar-refractivity contribution in [3.05, 3.63) is 0 Å². The van der Waals surface area contributed by atoms with E-state index in [2.05, 4.69) is 5.32 Å². The SMILES string of the molecule is CCC(N)CC(=O)N(C)CC(=O)NC(C)(C)C. The number of nitrogens with two attached hydrogens (primary N) is 1. The van der Waals surface area contributed by atoms with Crippen LogP contribution in [0.3, 0.4) is 0 Å². The number of carbonyl (C=O) groups excluding carboxylic acids is 2. The Morgan fingerprint density at radius 3 is 2.29 bits per heavy atom. The van der Waals surface area contributed by atoms with Crippen molar-refractivity contribution in [2.45, 2.75) is 52.1 Å². The Morgan fingerprint density at radius 2 is 1.88 bits per heavy atom. The standard InChI is InChI=1S/C12H25N3O2/c1-6-9(13)7-11(17)15(5)8-10(16)14-12(2,3)4/h9H,6-8,13H2,1-5H3,(H,14,16). The van der Waals surface area contributed by atoms with Crippen molar-refractivity contribution >= 4 is 11.8 Å². The van der Waals surface area contributed by atoms with E-state index in [0.29, 0.717) is 0 Å². The Balaban J connectivity index is 4.12. The number of carbonyl (C=O) groups is 2. The summed E-state index contributed by atoms with van der Waals surface area (Å²) in [6.45, 7) is 7.72. The van der Waals surface area contributed by atoms with Crippen LogP contribution >= 0.6 is 0 Å². The second kappa shape index (κ2) is 6.59. The van der Waals surface area contributed by atoms with Gasteiger partial charge in [0, 0.05) is 25.0 Å². The zero-order chi connectivity index (χ0) is 13.6. The molecule has 2 amide bonds. The molecule has 0 aliphatic carbocycles. The zero-order valence-electron chi connectivity index (χ0n) is 11.5. The summed E-state index contributed by atoms with van der Waals surface area (Å²) in [5, 5.41) is 2.81. The lowest BCUT2D eigenvalue weighted by molar-refractivity contribution is -0.135. The van der Waals surface area contributed by atoms with Crippen molar-refractivity contribution in [1.82, 2.24) is 10.2 Å². The summed E-state index contributed by atoms with van der Waals surface area (Å²) in [7, 11) is 1.62. The van der Waals surface area contributed by atoms with Gasteiger partial charge in [0.05, 0.1) is 6.54 Å². The molecule has 5 nitrogen and oxygen atoms in total. The normalized spacial score (nSPS) is 13.1. The van der Waals surface area contributed by atoms with Crippen molar-refractivity contribution in [1.29, 1.82) is 0 Å². The molecule has 0 aromatic rings. The lowest BCUT2D eigenvalue weighted by Crippen LogP contribution is -2.46. The van der Waals surface area contributed by atoms with E-state index in [1.54, 1.807) is 7.05 Å². The first kappa shape index (κ1) is 15.9. The molecular formula is C12H25N3O2. The summed E-state index contributed by atoms with van der Waals surface area (Å²) in [5.74, 6) is -0.248. The second-order valence-corrected chi connectivity index (χ2v) is 5.42. The summed E-state index contributed by atoms with van der Waals surface area (Å²) >= 11 is 0. The molecule has 1 unspecified atom stereocenters. The van der Waals surface area contributed by atoms with Crippen LogP contribution in [0.4, 0.5) is 0 Å². The Hall–Kier alpha value is -1.10. The van der Waals surface area contributed by atoms with E-state index in [1.807, 2.05) is 27.7 Å². The molecule has 0 aliphatic rings. The second-order valence-electron chi connectivity index (χ2n) is 5.42. The van der Waals surface area contributed by atoms with E-state index in [-0.39, 0.29) is 36.4 Å². The van der Waals surface area contributed by atoms with E-state index < -0.39 is 0 Å². The number of amides is 2. The van der Waals surface area contributed by atoms with Gasteiger partial charge in [-0.05, 0) is 27.2 Å². The fourth-order valence-electron chi connectivity index (χ4n) is 1.29. The first-order valence-corrected chi connectivity index (χ1v) is 5.96. The van der Waals surface area contributed by atoms with Crippen molar-refractivity contribution in [3.8, 4) is 0 Å². The fourth-order valence-corrected chi connectivity index (χ4v) is 1.29. The molecule has 0 fully saturated rings. The predicted molar refractivity (Wildman–Crippen MR) is 68.4 cm³/mol. The third-order valence-corrected chi connectivity index (χ3v) is 2.28. The quantitative estimate of drug-likeness (QED) is 0.737. The molecule has 17 heavy (non-hydrogen) atoms. The van der Waals surface area contributed by atoms with Crippen molar-refractivity contribution in [2.75, 3.05) is 13.6 Å². The molecular weight excluding hydrogens is 218 g/mol. The van der Waals surface area contributed by atoms with E-state index in [1.165, 1.54) is 4.90 Å². The largest absolute Gasteiger partial charge is 0.350 e. The van der Waals surface area contributed by atoms with Gasteiger partial charge in [-0.1, -0.05) is 6.92 Å². The van der Waals surface area contributed by atoms with E-state index in [0.717, 1.165) is 6.42 Å². The molecule has 0 aromatic heterocycles. The van der Waals surface area contributed by atoms with E-state index in [9.17, 15) is 9.59 Å². The molecule has 3 N–H and O–H groups in total. The highest BCUT2D eigenvalue weighted by atomic mass is 16.2. The van der Waals surface area contributed by atoms with Gasteiger partial charge in [0.15, 0.2) is 0 Å². The zero-order valence-corrected chi connectivity index (χ0v) is 11.5. The molecule has 0 bridgehead atoms. The fraction of sp³-hybridized carbons (Fsp3) is 0.833. The van der Waals surface area contributed by atoms with Gasteiger partial charge in [-0.3, -0.25) is 9.59 Å². The molecule has 0 heterocycles. The van der Waals surface area contributed by atoms with Crippen LogP contribution in [0, 0.1) is 0 Å². The average Bonchev–Trinajstić information content (AvgIpc) is 2.14. The van der Waals surface area contributed by atoms with Gasteiger partial charge in [-0.25, -0.2) is 0 Å². The Morgan fingerprint density at radius 1 is 1.35 bits per heavy atom. The maximum absolute atomic E-state index is 11.7. The number of rotatable bonds is 5. The molecule has 0 aromatic carbocycles. The van der Waals surface area contributed by atoms with Gasteiger partial charge in [0.25, 0.3) is 0 Å². The van der Waals surface area contributed by atoms with Crippen LogP contribution in [-0.2, 0) is 9.59 Å². The molecule has 0 spiro atoms. The van der Waals surface area contributed by atoms with Gasteiger partial charge >= 0.3 is 0 Å². The average molecular weight is 243 g/mol. The van der Waals surface area contributed by atoms with Gasteiger partial charge < -0.3 is 16.0 Å². The van der Waals surface area contributed by atoms with Gasteiger partial charge in [-0.15, -0.1) is 0 Å². The summed E-state index contributed by atoms with van der Waals surface area (Å²) in [6, 6.07) is -0.129. The third-order valence-electron chi connectivity index (χ3n) is 2.28. The highest BCUT2D eigenvalue weighted by Gasteiger charge is 2.18. The Labute approximate surface area is 104 Å². The molecule has 0 aliphatic heterocycles. The van der Waals surface area contributed by atoms with Crippen LogP contribution in [0.2, 0.25) is 0 Å². The molecule has 0 rings (SSSR count).